The number of piperazine rings is 1. The van der Waals surface area contributed by atoms with E-state index in [2.05, 4.69) is 16.0 Å². The van der Waals surface area contributed by atoms with Crippen molar-refractivity contribution in [1.82, 2.24) is 14.8 Å². The molecular formula is C27H25ClFN5O2S. The Morgan fingerprint density at radius 2 is 1.65 bits per heavy atom. The maximum absolute atomic E-state index is 14.2. The highest BCUT2D eigenvalue weighted by Gasteiger charge is 2.30. The fraction of sp³-hybridized carbons (Fsp3) is 0.333. The number of thiazole rings is 1. The van der Waals surface area contributed by atoms with Crippen molar-refractivity contribution in [2.45, 2.75) is 18.8 Å². The van der Waals surface area contributed by atoms with Crippen molar-refractivity contribution in [2.75, 3.05) is 44.2 Å². The molecule has 1 aromatic heterocycles. The van der Waals surface area contributed by atoms with Gasteiger partial charge in [0.05, 0.1) is 27.2 Å². The number of amides is 2. The molecule has 2 amide bonds. The highest BCUT2D eigenvalue weighted by atomic mass is 35.5. The zero-order chi connectivity index (χ0) is 25.9. The molecular weight excluding hydrogens is 513 g/mol. The van der Waals surface area contributed by atoms with Gasteiger partial charge in [-0.3, -0.25) is 9.59 Å². The average Bonchev–Trinajstić information content (AvgIpc) is 3.43. The van der Waals surface area contributed by atoms with Crippen LogP contribution in [-0.4, -0.2) is 65.9 Å². The molecule has 2 saturated heterocycles. The Balaban J connectivity index is 1.15. The lowest BCUT2D eigenvalue weighted by molar-refractivity contribution is 0.0708. The summed E-state index contributed by atoms with van der Waals surface area (Å²) in [4.78, 5) is 36.3. The van der Waals surface area contributed by atoms with Gasteiger partial charge >= 0.3 is 0 Å². The second kappa shape index (κ2) is 10.9. The van der Waals surface area contributed by atoms with Crippen molar-refractivity contribution < 1.29 is 14.0 Å². The van der Waals surface area contributed by atoms with Crippen LogP contribution in [0.2, 0.25) is 5.02 Å². The van der Waals surface area contributed by atoms with E-state index in [4.69, 9.17) is 16.9 Å². The van der Waals surface area contributed by atoms with E-state index in [1.165, 1.54) is 29.5 Å². The topological polar surface area (TPSA) is 80.5 Å². The third-order valence-corrected chi connectivity index (χ3v) is 8.30. The Bertz CT molecular complexity index is 1320. The van der Waals surface area contributed by atoms with Crippen LogP contribution in [-0.2, 0) is 0 Å². The molecule has 2 aliphatic rings. The Labute approximate surface area is 223 Å². The Morgan fingerprint density at radius 1 is 0.973 bits per heavy atom. The number of carbonyl (C=O) groups excluding carboxylic acids is 2. The molecule has 3 aromatic rings. The van der Waals surface area contributed by atoms with E-state index in [1.54, 1.807) is 17.0 Å². The second-order valence-corrected chi connectivity index (χ2v) is 10.5. The van der Waals surface area contributed by atoms with E-state index in [1.807, 2.05) is 22.4 Å². The minimum atomic E-state index is -0.611. The largest absolute Gasteiger partial charge is 0.368 e. The van der Waals surface area contributed by atoms with E-state index in [0.29, 0.717) is 63.4 Å². The maximum atomic E-state index is 14.2. The van der Waals surface area contributed by atoms with Gasteiger partial charge in [0.2, 0.25) is 0 Å². The number of halogens is 2. The first-order valence-electron chi connectivity index (χ1n) is 12.2. The van der Waals surface area contributed by atoms with Gasteiger partial charge < -0.3 is 14.7 Å². The molecule has 190 valence electrons. The summed E-state index contributed by atoms with van der Waals surface area (Å²) in [6.45, 7) is 3.60. The second-order valence-electron chi connectivity index (χ2n) is 9.17. The molecule has 0 spiro atoms. The normalized spacial score (nSPS) is 16.5. The highest BCUT2D eigenvalue weighted by molar-refractivity contribution is 7.09. The number of nitriles is 1. The molecule has 0 N–H and O–H groups in total. The molecule has 3 heterocycles. The van der Waals surface area contributed by atoms with Gasteiger partial charge in [0, 0.05) is 56.3 Å². The van der Waals surface area contributed by atoms with E-state index >= 15 is 0 Å². The van der Waals surface area contributed by atoms with Crippen LogP contribution in [0.3, 0.4) is 0 Å². The van der Waals surface area contributed by atoms with Crippen molar-refractivity contribution in [3.05, 3.63) is 80.5 Å². The zero-order valence-corrected chi connectivity index (χ0v) is 21.6. The number of piperidine rings is 1. The molecule has 2 aromatic carbocycles. The van der Waals surface area contributed by atoms with Crippen LogP contribution >= 0.6 is 22.9 Å². The number of carbonyl (C=O) groups is 2. The summed E-state index contributed by atoms with van der Waals surface area (Å²) in [5.41, 5.74) is 2.06. The monoisotopic (exact) mass is 537 g/mol. The number of likely N-dealkylation sites (tertiary alicyclic amines) is 1. The molecule has 37 heavy (non-hydrogen) atoms. The summed E-state index contributed by atoms with van der Waals surface area (Å²) in [5, 5.41) is 11.8. The van der Waals surface area contributed by atoms with Crippen molar-refractivity contribution in [2.24, 2.45) is 0 Å². The summed E-state index contributed by atoms with van der Waals surface area (Å²) >= 11 is 7.55. The summed E-state index contributed by atoms with van der Waals surface area (Å²) in [5.74, 6) is -0.916. The maximum Gasteiger partial charge on any atom is 0.273 e. The van der Waals surface area contributed by atoms with Crippen molar-refractivity contribution in [3.63, 3.8) is 0 Å². The Hall–Kier alpha value is -3.48. The van der Waals surface area contributed by atoms with Crippen molar-refractivity contribution in [3.8, 4) is 6.07 Å². The standard InChI is InChI=1S/C27H25ClFN5O2S/c28-21-2-1-3-22(29)24(21)27(36)33-10-8-19(9-11-33)25-31-23(17-37-25)26(35)34-14-12-32(13-15-34)20-6-4-18(16-30)5-7-20/h1-7,17,19H,8-15H2. The number of benzene rings is 2. The molecule has 2 fully saturated rings. The third kappa shape index (κ3) is 5.31. The first-order chi connectivity index (χ1) is 17.9. The van der Waals surface area contributed by atoms with Crippen LogP contribution in [0.5, 0.6) is 0 Å². The summed E-state index contributed by atoms with van der Waals surface area (Å²) in [7, 11) is 0. The first kappa shape index (κ1) is 25.2. The number of rotatable bonds is 4. The van der Waals surface area contributed by atoms with Gasteiger partial charge in [-0.2, -0.15) is 5.26 Å². The van der Waals surface area contributed by atoms with Crippen molar-refractivity contribution >= 4 is 40.4 Å². The van der Waals surface area contributed by atoms with Crippen molar-refractivity contribution in [1.29, 1.82) is 5.26 Å². The van der Waals surface area contributed by atoms with E-state index < -0.39 is 11.7 Å². The molecule has 0 saturated carbocycles. The van der Waals surface area contributed by atoms with Crippen LogP contribution in [0, 0.1) is 17.1 Å². The minimum Gasteiger partial charge on any atom is -0.368 e. The van der Waals surface area contributed by atoms with E-state index in [-0.39, 0.29) is 22.4 Å². The van der Waals surface area contributed by atoms with Gasteiger partial charge in [-0.15, -0.1) is 11.3 Å². The fourth-order valence-corrected chi connectivity index (χ4v) is 6.05. The molecule has 0 aliphatic carbocycles. The molecule has 0 bridgehead atoms. The summed E-state index contributed by atoms with van der Waals surface area (Å²) in [6.07, 6.45) is 1.39. The van der Waals surface area contributed by atoms with Gasteiger partial charge in [0.1, 0.15) is 11.5 Å². The molecule has 7 nitrogen and oxygen atoms in total. The van der Waals surface area contributed by atoms with Gasteiger partial charge in [-0.25, -0.2) is 9.37 Å². The molecule has 5 rings (SSSR count). The van der Waals surface area contributed by atoms with Crippen LogP contribution in [0.1, 0.15) is 50.2 Å². The fourth-order valence-electron chi connectivity index (χ4n) is 4.84. The number of hydrogen-bond acceptors (Lipinski definition) is 6. The lowest BCUT2D eigenvalue weighted by Crippen LogP contribution is -2.48. The van der Waals surface area contributed by atoms with Crippen LogP contribution in [0.4, 0.5) is 10.1 Å². The first-order valence-corrected chi connectivity index (χ1v) is 13.4. The average molecular weight is 538 g/mol. The quantitative estimate of drug-likeness (QED) is 0.478. The highest BCUT2D eigenvalue weighted by Crippen LogP contribution is 2.32. The Morgan fingerprint density at radius 3 is 2.30 bits per heavy atom. The Kier molecular flexibility index (Phi) is 7.40. The predicted molar refractivity (Wildman–Crippen MR) is 141 cm³/mol. The molecule has 2 aliphatic heterocycles. The molecule has 0 radical (unpaired) electrons. The van der Waals surface area contributed by atoms with E-state index in [9.17, 15) is 14.0 Å². The minimum absolute atomic E-state index is 0.0659. The molecule has 0 atom stereocenters. The zero-order valence-electron chi connectivity index (χ0n) is 20.1. The number of aromatic nitrogens is 1. The lowest BCUT2D eigenvalue weighted by atomic mass is 9.97. The smallest absolute Gasteiger partial charge is 0.273 e. The third-order valence-electron chi connectivity index (χ3n) is 6.98. The van der Waals surface area contributed by atoms with Gasteiger partial charge in [0.25, 0.3) is 11.8 Å². The number of anilines is 1. The van der Waals surface area contributed by atoms with Crippen LogP contribution in [0.15, 0.2) is 47.8 Å². The number of nitrogens with zero attached hydrogens (tertiary/aromatic N) is 5. The van der Waals surface area contributed by atoms with Gasteiger partial charge in [0.15, 0.2) is 0 Å². The lowest BCUT2D eigenvalue weighted by Gasteiger charge is -2.35. The van der Waals surface area contributed by atoms with E-state index in [0.717, 1.165) is 10.7 Å². The van der Waals surface area contributed by atoms with Gasteiger partial charge in [-0.1, -0.05) is 17.7 Å². The summed E-state index contributed by atoms with van der Waals surface area (Å²) < 4.78 is 14.2. The molecule has 10 heteroatoms. The number of hydrogen-bond donors (Lipinski definition) is 0. The van der Waals surface area contributed by atoms with Crippen LogP contribution < -0.4 is 4.90 Å². The van der Waals surface area contributed by atoms with Crippen LogP contribution in [0.25, 0.3) is 0 Å². The predicted octanol–water partition coefficient (Wildman–Crippen LogP) is 4.79. The SMILES string of the molecule is N#Cc1ccc(N2CCN(C(=O)c3csc(C4CCN(C(=O)c5c(F)cccc5Cl)CC4)n3)CC2)cc1. The summed E-state index contributed by atoms with van der Waals surface area (Å²) in [6, 6.07) is 13.9. The molecule has 0 unspecified atom stereocenters. The van der Waals surface area contributed by atoms with Gasteiger partial charge in [-0.05, 0) is 49.2 Å².